The van der Waals surface area contributed by atoms with E-state index in [1.165, 1.54) is 13.2 Å². The minimum atomic E-state index is -3.53. The lowest BCUT2D eigenvalue weighted by atomic mass is 10.2. The number of halogens is 1. The standard InChI is InChI=1S/C11H14FNO4S/c1-17-11(14)4-5-18(15,16)7-8-6-9(12)2-3-10(8)13/h2-3,6H,4-5,7,13H2,1H3. The van der Waals surface area contributed by atoms with Crippen LogP contribution in [0.4, 0.5) is 10.1 Å². The third-order valence-electron chi connectivity index (χ3n) is 2.33. The van der Waals surface area contributed by atoms with Gasteiger partial charge in [-0.15, -0.1) is 0 Å². The summed E-state index contributed by atoms with van der Waals surface area (Å²) in [4.78, 5) is 10.9. The predicted molar refractivity (Wildman–Crippen MR) is 64.9 cm³/mol. The van der Waals surface area contributed by atoms with Gasteiger partial charge in [-0.05, 0) is 23.8 Å². The van der Waals surface area contributed by atoms with Gasteiger partial charge in [-0.2, -0.15) is 0 Å². The van der Waals surface area contributed by atoms with Crippen molar-refractivity contribution in [2.45, 2.75) is 12.2 Å². The van der Waals surface area contributed by atoms with Gasteiger partial charge in [0.1, 0.15) is 5.82 Å². The maximum Gasteiger partial charge on any atom is 0.306 e. The van der Waals surface area contributed by atoms with E-state index in [2.05, 4.69) is 4.74 Å². The maximum atomic E-state index is 13.0. The molecule has 5 nitrogen and oxygen atoms in total. The summed E-state index contributed by atoms with van der Waals surface area (Å²) >= 11 is 0. The SMILES string of the molecule is COC(=O)CCS(=O)(=O)Cc1cc(F)ccc1N. The van der Waals surface area contributed by atoms with Crippen molar-refractivity contribution in [3.8, 4) is 0 Å². The van der Waals surface area contributed by atoms with Gasteiger partial charge in [-0.25, -0.2) is 12.8 Å². The molecular weight excluding hydrogens is 261 g/mol. The molecule has 0 heterocycles. The number of nitrogens with two attached hydrogens (primary N) is 1. The van der Waals surface area contributed by atoms with Crippen molar-refractivity contribution < 1.29 is 22.3 Å². The molecule has 1 aromatic rings. The van der Waals surface area contributed by atoms with Crippen LogP contribution in [0.5, 0.6) is 0 Å². The van der Waals surface area contributed by atoms with Gasteiger partial charge in [0, 0.05) is 5.69 Å². The summed E-state index contributed by atoms with van der Waals surface area (Å²) < 4.78 is 40.7. The number of carbonyl (C=O) groups is 1. The second kappa shape index (κ2) is 5.81. The third kappa shape index (κ3) is 4.33. The average Bonchev–Trinajstić information content (AvgIpc) is 2.30. The van der Waals surface area contributed by atoms with E-state index < -0.39 is 27.4 Å². The molecule has 2 N–H and O–H groups in total. The molecule has 18 heavy (non-hydrogen) atoms. The minimum absolute atomic E-state index is 0.194. The zero-order valence-corrected chi connectivity index (χ0v) is 10.7. The van der Waals surface area contributed by atoms with Crippen molar-refractivity contribution in [1.29, 1.82) is 0 Å². The monoisotopic (exact) mass is 275 g/mol. The topological polar surface area (TPSA) is 86.5 Å². The minimum Gasteiger partial charge on any atom is -0.469 e. The third-order valence-corrected chi connectivity index (χ3v) is 3.90. The molecule has 0 aliphatic carbocycles. The van der Waals surface area contributed by atoms with Crippen molar-refractivity contribution in [3.63, 3.8) is 0 Å². The Kier molecular flexibility index (Phi) is 4.66. The van der Waals surface area contributed by atoms with Crippen LogP contribution in [0.2, 0.25) is 0 Å². The highest BCUT2D eigenvalue weighted by molar-refractivity contribution is 7.90. The molecule has 0 amide bonds. The number of sulfone groups is 1. The van der Waals surface area contributed by atoms with Gasteiger partial charge in [-0.1, -0.05) is 0 Å². The van der Waals surface area contributed by atoms with Crippen LogP contribution in [-0.4, -0.2) is 27.2 Å². The molecule has 0 aromatic heterocycles. The number of ether oxygens (including phenoxy) is 1. The first kappa shape index (κ1) is 14.4. The lowest BCUT2D eigenvalue weighted by Gasteiger charge is -2.07. The number of methoxy groups -OCH3 is 1. The first-order valence-electron chi connectivity index (χ1n) is 5.15. The Morgan fingerprint density at radius 2 is 2.11 bits per heavy atom. The molecule has 0 aliphatic heterocycles. The van der Waals surface area contributed by atoms with E-state index in [0.29, 0.717) is 0 Å². The highest BCUT2D eigenvalue weighted by Crippen LogP contribution is 2.17. The van der Waals surface area contributed by atoms with Crippen LogP contribution in [0, 0.1) is 5.82 Å². The Balaban J connectivity index is 2.76. The largest absolute Gasteiger partial charge is 0.469 e. The predicted octanol–water partition coefficient (Wildman–Crippen LogP) is 0.886. The maximum absolute atomic E-state index is 13.0. The van der Waals surface area contributed by atoms with Crippen molar-refractivity contribution in [2.75, 3.05) is 18.6 Å². The van der Waals surface area contributed by atoms with Crippen molar-refractivity contribution in [2.24, 2.45) is 0 Å². The van der Waals surface area contributed by atoms with E-state index >= 15 is 0 Å². The Bertz CT molecular complexity index is 542. The van der Waals surface area contributed by atoms with Crippen LogP contribution in [0.1, 0.15) is 12.0 Å². The molecule has 100 valence electrons. The van der Waals surface area contributed by atoms with Gasteiger partial charge in [-0.3, -0.25) is 4.79 Å². The number of hydrogen-bond donors (Lipinski definition) is 1. The van der Waals surface area contributed by atoms with Gasteiger partial charge < -0.3 is 10.5 Å². The fourth-order valence-corrected chi connectivity index (χ4v) is 2.70. The number of nitrogen functional groups attached to an aromatic ring is 1. The van der Waals surface area contributed by atoms with Gasteiger partial charge in [0.05, 0.1) is 25.0 Å². The van der Waals surface area contributed by atoms with Crippen LogP contribution in [0.25, 0.3) is 0 Å². The van der Waals surface area contributed by atoms with E-state index in [-0.39, 0.29) is 23.4 Å². The molecule has 0 fully saturated rings. The molecule has 0 saturated heterocycles. The number of carbonyl (C=O) groups excluding carboxylic acids is 1. The highest BCUT2D eigenvalue weighted by Gasteiger charge is 2.16. The molecule has 1 aromatic carbocycles. The summed E-state index contributed by atoms with van der Waals surface area (Å²) in [7, 11) is -2.35. The number of benzene rings is 1. The van der Waals surface area contributed by atoms with E-state index in [0.717, 1.165) is 12.1 Å². The summed E-state index contributed by atoms with van der Waals surface area (Å²) in [6.45, 7) is 0. The summed E-state index contributed by atoms with van der Waals surface area (Å²) in [5.74, 6) is -1.91. The Hall–Kier alpha value is -1.63. The number of hydrogen-bond acceptors (Lipinski definition) is 5. The van der Waals surface area contributed by atoms with Crippen LogP contribution in [0.3, 0.4) is 0 Å². The van der Waals surface area contributed by atoms with E-state index in [9.17, 15) is 17.6 Å². The van der Waals surface area contributed by atoms with Crippen LogP contribution >= 0.6 is 0 Å². The Morgan fingerprint density at radius 3 is 2.72 bits per heavy atom. The number of esters is 1. The Labute approximate surface area is 105 Å². The smallest absolute Gasteiger partial charge is 0.306 e. The Morgan fingerprint density at radius 1 is 1.44 bits per heavy atom. The van der Waals surface area contributed by atoms with Gasteiger partial charge in [0.25, 0.3) is 0 Å². The van der Waals surface area contributed by atoms with Crippen LogP contribution < -0.4 is 5.73 Å². The number of rotatable bonds is 5. The fourth-order valence-electron chi connectivity index (χ4n) is 1.35. The second-order valence-corrected chi connectivity index (χ2v) is 5.95. The molecule has 7 heteroatoms. The molecule has 0 spiro atoms. The van der Waals surface area contributed by atoms with E-state index in [4.69, 9.17) is 5.73 Å². The van der Waals surface area contributed by atoms with Crippen molar-refractivity contribution >= 4 is 21.5 Å². The van der Waals surface area contributed by atoms with Gasteiger partial charge in [0.2, 0.25) is 0 Å². The van der Waals surface area contributed by atoms with E-state index in [1.807, 2.05) is 0 Å². The zero-order chi connectivity index (χ0) is 13.8. The van der Waals surface area contributed by atoms with Crippen molar-refractivity contribution in [3.05, 3.63) is 29.6 Å². The quantitative estimate of drug-likeness (QED) is 0.637. The van der Waals surface area contributed by atoms with Crippen LogP contribution in [0.15, 0.2) is 18.2 Å². The second-order valence-electron chi connectivity index (χ2n) is 3.76. The first-order valence-corrected chi connectivity index (χ1v) is 6.97. The normalized spacial score (nSPS) is 11.2. The zero-order valence-electron chi connectivity index (χ0n) is 9.85. The number of anilines is 1. The van der Waals surface area contributed by atoms with Crippen LogP contribution in [-0.2, 0) is 25.1 Å². The average molecular weight is 275 g/mol. The lowest BCUT2D eigenvalue weighted by molar-refractivity contribution is -0.140. The van der Waals surface area contributed by atoms with Gasteiger partial charge in [0.15, 0.2) is 9.84 Å². The summed E-state index contributed by atoms with van der Waals surface area (Å²) in [6, 6.07) is 3.53. The van der Waals surface area contributed by atoms with Crippen molar-refractivity contribution in [1.82, 2.24) is 0 Å². The molecule has 0 unspecified atom stereocenters. The molecule has 0 saturated carbocycles. The molecule has 0 bridgehead atoms. The molecule has 0 aliphatic rings. The molecule has 0 radical (unpaired) electrons. The summed E-state index contributed by atoms with van der Waals surface area (Å²) in [5, 5.41) is 0. The summed E-state index contributed by atoms with van der Waals surface area (Å²) in [5.41, 5.74) is 5.96. The fraction of sp³-hybridized carbons (Fsp3) is 0.364. The first-order chi connectivity index (χ1) is 8.34. The lowest BCUT2D eigenvalue weighted by Crippen LogP contribution is -2.14. The molecular formula is C11H14FNO4S. The highest BCUT2D eigenvalue weighted by atomic mass is 32.2. The molecule has 0 atom stereocenters. The van der Waals surface area contributed by atoms with Gasteiger partial charge >= 0.3 is 5.97 Å². The molecule has 1 rings (SSSR count). The van der Waals surface area contributed by atoms with E-state index in [1.54, 1.807) is 0 Å². The summed E-state index contributed by atoms with van der Waals surface area (Å²) in [6.07, 6.45) is -0.228.